The second kappa shape index (κ2) is 7.16. The molecule has 0 saturated carbocycles. The quantitative estimate of drug-likeness (QED) is 0.669. The first kappa shape index (κ1) is 17.7. The zero-order valence-electron chi connectivity index (χ0n) is 15.9. The third kappa shape index (κ3) is 3.12. The Bertz CT molecular complexity index is 963. The molecule has 0 bridgehead atoms. The fraction of sp³-hybridized carbons (Fsp3) is 0.273. The molecule has 2 unspecified atom stereocenters. The van der Waals surface area contributed by atoms with Crippen molar-refractivity contribution < 1.29 is 0 Å². The first-order valence-electron chi connectivity index (χ1n) is 9.33. The van der Waals surface area contributed by atoms with Crippen molar-refractivity contribution in [1.82, 2.24) is 14.9 Å². The van der Waals surface area contributed by atoms with Gasteiger partial charge < -0.3 is 14.8 Å². The molecule has 1 fully saturated rings. The lowest BCUT2D eigenvalue weighted by atomic mass is 10.00. The Morgan fingerprint density at radius 1 is 1.07 bits per heavy atom. The smallest absolute Gasteiger partial charge is 0.174 e. The van der Waals surface area contributed by atoms with Gasteiger partial charge in [0.2, 0.25) is 0 Å². The zero-order valence-corrected chi connectivity index (χ0v) is 16.7. The summed E-state index contributed by atoms with van der Waals surface area (Å²) in [7, 11) is 0. The molecule has 3 heterocycles. The number of anilines is 1. The van der Waals surface area contributed by atoms with E-state index in [0.29, 0.717) is 0 Å². The summed E-state index contributed by atoms with van der Waals surface area (Å²) in [4.78, 5) is 6.85. The normalized spacial score (nSPS) is 19.4. The van der Waals surface area contributed by atoms with Crippen LogP contribution in [0.1, 0.15) is 41.5 Å². The Morgan fingerprint density at radius 3 is 2.63 bits per heavy atom. The number of aryl methyl sites for hydroxylation is 3. The van der Waals surface area contributed by atoms with Crippen LogP contribution in [0.5, 0.6) is 0 Å². The van der Waals surface area contributed by atoms with E-state index in [-0.39, 0.29) is 12.1 Å². The second-order valence-corrected chi connectivity index (χ2v) is 7.37. The van der Waals surface area contributed by atoms with Gasteiger partial charge in [-0.05, 0) is 80.5 Å². The summed E-state index contributed by atoms with van der Waals surface area (Å²) in [6.45, 7) is 7.36. The van der Waals surface area contributed by atoms with Gasteiger partial charge in [0, 0.05) is 30.3 Å². The molecule has 0 amide bonds. The van der Waals surface area contributed by atoms with Crippen molar-refractivity contribution in [3.8, 4) is 0 Å². The van der Waals surface area contributed by atoms with E-state index >= 15 is 0 Å². The monoisotopic (exact) mass is 376 g/mol. The minimum absolute atomic E-state index is 0.000471. The molecule has 5 heteroatoms. The highest BCUT2D eigenvalue weighted by atomic mass is 32.1. The maximum absolute atomic E-state index is 5.78. The fourth-order valence-electron chi connectivity index (χ4n) is 3.79. The lowest BCUT2D eigenvalue weighted by Gasteiger charge is -2.29. The van der Waals surface area contributed by atoms with Gasteiger partial charge in [0.1, 0.15) is 6.04 Å². The molecule has 4 nitrogen and oxygen atoms in total. The summed E-state index contributed by atoms with van der Waals surface area (Å²) in [6, 6.07) is 16.9. The molecule has 0 spiro atoms. The molecule has 0 radical (unpaired) electrons. The number of pyridine rings is 1. The fourth-order valence-corrected chi connectivity index (χ4v) is 4.14. The highest BCUT2D eigenvalue weighted by Gasteiger charge is 2.41. The third-order valence-corrected chi connectivity index (χ3v) is 5.69. The van der Waals surface area contributed by atoms with Crippen LogP contribution in [-0.4, -0.2) is 14.7 Å². The van der Waals surface area contributed by atoms with Crippen molar-refractivity contribution in [3.05, 3.63) is 83.4 Å². The van der Waals surface area contributed by atoms with E-state index in [2.05, 4.69) is 83.1 Å². The average molecular weight is 377 g/mol. The van der Waals surface area contributed by atoms with Gasteiger partial charge in [-0.1, -0.05) is 12.1 Å². The lowest BCUT2D eigenvalue weighted by molar-refractivity contribution is 0.529. The molecule has 3 aromatic rings. The maximum Gasteiger partial charge on any atom is 0.174 e. The molecule has 1 saturated heterocycles. The van der Waals surface area contributed by atoms with Crippen molar-refractivity contribution >= 4 is 23.0 Å². The molecule has 1 aliphatic heterocycles. The Balaban J connectivity index is 1.85. The van der Waals surface area contributed by atoms with E-state index in [1.807, 2.05) is 18.3 Å². The summed E-state index contributed by atoms with van der Waals surface area (Å²) in [5.41, 5.74) is 5.90. The summed E-state index contributed by atoms with van der Waals surface area (Å²) in [5, 5.41) is 4.26. The summed E-state index contributed by atoms with van der Waals surface area (Å²) >= 11 is 5.78. The van der Waals surface area contributed by atoms with Gasteiger partial charge >= 0.3 is 0 Å². The Labute approximate surface area is 165 Å². The van der Waals surface area contributed by atoms with E-state index < -0.39 is 0 Å². The summed E-state index contributed by atoms with van der Waals surface area (Å²) in [5.74, 6) is 0. The number of hydrogen-bond donors (Lipinski definition) is 1. The molecule has 27 heavy (non-hydrogen) atoms. The van der Waals surface area contributed by atoms with Crippen molar-refractivity contribution in [2.75, 3.05) is 4.90 Å². The predicted octanol–water partition coefficient (Wildman–Crippen LogP) is 4.70. The Hall–Kier alpha value is -2.66. The molecule has 4 rings (SSSR count). The molecule has 138 valence electrons. The zero-order chi connectivity index (χ0) is 19.0. The molecule has 1 aliphatic rings. The van der Waals surface area contributed by atoms with Gasteiger partial charge in [-0.15, -0.1) is 0 Å². The van der Waals surface area contributed by atoms with Crippen LogP contribution < -0.4 is 10.2 Å². The van der Waals surface area contributed by atoms with Crippen molar-refractivity contribution in [2.45, 2.75) is 39.4 Å². The molecule has 1 N–H and O–H groups in total. The van der Waals surface area contributed by atoms with Crippen LogP contribution in [0.25, 0.3) is 0 Å². The van der Waals surface area contributed by atoms with Crippen LogP contribution in [0.4, 0.5) is 5.69 Å². The molecule has 2 aromatic heterocycles. The topological polar surface area (TPSA) is 33.1 Å². The number of aromatic nitrogens is 2. The molecule has 0 aliphatic carbocycles. The number of thiocarbonyl (C=S) groups is 1. The summed E-state index contributed by atoms with van der Waals surface area (Å²) in [6.07, 6.45) is 3.97. The highest BCUT2D eigenvalue weighted by Crippen LogP contribution is 2.41. The first-order valence-corrected chi connectivity index (χ1v) is 9.74. The lowest BCUT2D eigenvalue weighted by Crippen LogP contribution is -2.30. The highest BCUT2D eigenvalue weighted by molar-refractivity contribution is 7.80. The van der Waals surface area contributed by atoms with Gasteiger partial charge in [-0.25, -0.2) is 0 Å². The third-order valence-electron chi connectivity index (χ3n) is 5.38. The number of nitrogens with one attached hydrogen (secondary N) is 1. The van der Waals surface area contributed by atoms with E-state index in [9.17, 15) is 0 Å². The minimum atomic E-state index is 0.000471. The van der Waals surface area contributed by atoms with E-state index in [1.54, 1.807) is 0 Å². The number of benzene rings is 1. The van der Waals surface area contributed by atoms with Crippen LogP contribution in [-0.2, 0) is 6.54 Å². The van der Waals surface area contributed by atoms with E-state index in [1.165, 1.54) is 16.8 Å². The minimum Gasteiger partial charge on any atom is -0.351 e. The van der Waals surface area contributed by atoms with Crippen LogP contribution in [0.2, 0.25) is 0 Å². The van der Waals surface area contributed by atoms with E-state index in [0.717, 1.165) is 23.0 Å². The van der Waals surface area contributed by atoms with Crippen molar-refractivity contribution in [3.63, 3.8) is 0 Å². The summed E-state index contributed by atoms with van der Waals surface area (Å²) < 4.78 is 2.28. The number of nitrogens with zero attached hydrogens (tertiary/aromatic N) is 3. The number of hydrogen-bond acceptors (Lipinski definition) is 2. The van der Waals surface area contributed by atoms with Crippen molar-refractivity contribution in [1.29, 1.82) is 0 Å². The Kier molecular flexibility index (Phi) is 4.70. The average Bonchev–Trinajstić information content (AvgIpc) is 3.28. The molecular weight excluding hydrogens is 352 g/mol. The second-order valence-electron chi connectivity index (χ2n) is 6.98. The van der Waals surface area contributed by atoms with Crippen LogP contribution in [0, 0.1) is 13.8 Å². The molecule has 2 atom stereocenters. The molecular formula is C22H24N4S. The largest absolute Gasteiger partial charge is 0.351 e. The predicted molar refractivity (Wildman–Crippen MR) is 114 cm³/mol. The molecule has 1 aromatic carbocycles. The van der Waals surface area contributed by atoms with Gasteiger partial charge in [-0.3, -0.25) is 4.98 Å². The van der Waals surface area contributed by atoms with Crippen LogP contribution in [0.15, 0.2) is 60.9 Å². The maximum atomic E-state index is 5.78. The van der Waals surface area contributed by atoms with Crippen molar-refractivity contribution in [2.24, 2.45) is 0 Å². The standard InChI is InChI=1S/C22H24N4S/c1-4-25-13-7-9-19(25)21-20(18-8-5-6-12-23-18)24-22(27)26(21)17-11-10-15(2)16(3)14-17/h5-14,20-21H,4H2,1-3H3,(H,24,27). The van der Waals surface area contributed by atoms with Crippen LogP contribution in [0.3, 0.4) is 0 Å². The number of rotatable bonds is 4. The van der Waals surface area contributed by atoms with Gasteiger partial charge in [0.05, 0.1) is 11.7 Å². The van der Waals surface area contributed by atoms with Crippen LogP contribution >= 0.6 is 12.2 Å². The van der Waals surface area contributed by atoms with Gasteiger partial charge in [0.25, 0.3) is 0 Å². The first-order chi connectivity index (χ1) is 13.1. The van der Waals surface area contributed by atoms with Gasteiger partial charge in [-0.2, -0.15) is 0 Å². The Morgan fingerprint density at radius 2 is 1.93 bits per heavy atom. The van der Waals surface area contributed by atoms with Gasteiger partial charge in [0.15, 0.2) is 5.11 Å². The van der Waals surface area contributed by atoms with E-state index in [4.69, 9.17) is 12.2 Å². The SMILES string of the molecule is CCn1cccc1C1C(c2ccccn2)NC(=S)N1c1ccc(C)c(C)c1.